The molecule has 15 heavy (non-hydrogen) atoms. The average Bonchev–Trinajstić information content (AvgIpc) is 2.15. The molecule has 0 saturated carbocycles. The predicted octanol–water partition coefficient (Wildman–Crippen LogP) is 1.00. The molecule has 2 N–H and O–H groups in total. The fourth-order valence-corrected chi connectivity index (χ4v) is 2.32. The van der Waals surface area contributed by atoms with Gasteiger partial charge in [-0.15, -0.1) is 0 Å². The molecule has 0 radical (unpaired) electrons. The van der Waals surface area contributed by atoms with Gasteiger partial charge < -0.3 is 9.47 Å². The van der Waals surface area contributed by atoms with Crippen LogP contribution in [0.5, 0.6) is 11.5 Å². The highest BCUT2D eigenvalue weighted by Crippen LogP contribution is 2.37. The van der Waals surface area contributed by atoms with Crippen LogP contribution in [0.1, 0.15) is 0 Å². The van der Waals surface area contributed by atoms with Crippen LogP contribution in [0.2, 0.25) is 5.02 Å². The maximum atomic E-state index is 11.3. The maximum absolute atomic E-state index is 11.3. The minimum Gasteiger partial charge on any atom is -0.495 e. The summed E-state index contributed by atoms with van der Waals surface area (Å²) in [6.45, 7) is 0. The molecular weight excluding hydrogens is 242 g/mol. The molecule has 0 aliphatic heterocycles. The van der Waals surface area contributed by atoms with Crippen molar-refractivity contribution in [3.05, 3.63) is 17.2 Å². The molecule has 1 aromatic carbocycles. The Hall–Kier alpha value is -0.980. The Morgan fingerprint density at radius 2 is 1.87 bits per heavy atom. The molecule has 0 aliphatic rings. The smallest absolute Gasteiger partial charge is 0.245 e. The van der Waals surface area contributed by atoms with E-state index in [1.165, 1.54) is 26.4 Å². The molecule has 0 atom stereocenters. The van der Waals surface area contributed by atoms with Gasteiger partial charge in [0.1, 0.15) is 5.75 Å². The van der Waals surface area contributed by atoms with Gasteiger partial charge in [0.05, 0.1) is 19.2 Å². The van der Waals surface area contributed by atoms with Crippen molar-refractivity contribution in [1.82, 2.24) is 0 Å². The molecule has 0 amide bonds. The van der Waals surface area contributed by atoms with Gasteiger partial charge in [0.2, 0.25) is 10.0 Å². The number of rotatable bonds is 3. The van der Waals surface area contributed by atoms with Gasteiger partial charge in [0.25, 0.3) is 0 Å². The van der Waals surface area contributed by atoms with Crippen LogP contribution in [0.15, 0.2) is 17.0 Å². The fourth-order valence-electron chi connectivity index (χ4n) is 1.14. The number of hydrogen-bond donors (Lipinski definition) is 1. The minimum atomic E-state index is -3.95. The van der Waals surface area contributed by atoms with Gasteiger partial charge in [-0.05, 0) is 12.1 Å². The van der Waals surface area contributed by atoms with E-state index in [4.69, 9.17) is 26.2 Å². The van der Waals surface area contributed by atoms with E-state index in [1.807, 2.05) is 0 Å². The highest BCUT2D eigenvalue weighted by Gasteiger charge is 2.23. The number of benzene rings is 1. The van der Waals surface area contributed by atoms with Gasteiger partial charge in [-0.1, -0.05) is 11.6 Å². The van der Waals surface area contributed by atoms with Crippen molar-refractivity contribution in [3.8, 4) is 11.5 Å². The Morgan fingerprint density at radius 1 is 1.27 bits per heavy atom. The lowest BCUT2D eigenvalue weighted by molar-refractivity contribution is 0.373. The van der Waals surface area contributed by atoms with Crippen LogP contribution in [-0.4, -0.2) is 22.6 Å². The zero-order chi connectivity index (χ0) is 11.6. The molecule has 0 spiro atoms. The van der Waals surface area contributed by atoms with Crippen LogP contribution >= 0.6 is 11.6 Å². The first-order valence-corrected chi connectivity index (χ1v) is 5.77. The van der Waals surface area contributed by atoms with E-state index >= 15 is 0 Å². The number of primary sulfonamides is 1. The molecule has 5 nitrogen and oxygen atoms in total. The number of sulfonamides is 1. The summed E-state index contributed by atoms with van der Waals surface area (Å²) in [5.41, 5.74) is 0. The fraction of sp³-hybridized carbons (Fsp3) is 0.250. The van der Waals surface area contributed by atoms with Crippen molar-refractivity contribution >= 4 is 21.6 Å². The molecule has 0 unspecified atom stereocenters. The first kappa shape index (κ1) is 12.1. The summed E-state index contributed by atoms with van der Waals surface area (Å²) in [6, 6.07) is 2.87. The van der Waals surface area contributed by atoms with Crippen molar-refractivity contribution in [2.75, 3.05) is 14.2 Å². The van der Waals surface area contributed by atoms with Crippen molar-refractivity contribution < 1.29 is 17.9 Å². The van der Waals surface area contributed by atoms with Crippen LogP contribution in [0.25, 0.3) is 0 Å². The summed E-state index contributed by atoms with van der Waals surface area (Å²) in [4.78, 5) is -0.250. The van der Waals surface area contributed by atoms with E-state index in [9.17, 15) is 8.42 Å². The monoisotopic (exact) mass is 251 g/mol. The number of hydrogen-bond acceptors (Lipinski definition) is 4. The molecular formula is C8H10ClNO4S. The topological polar surface area (TPSA) is 78.6 Å². The van der Waals surface area contributed by atoms with Gasteiger partial charge in [0, 0.05) is 0 Å². The van der Waals surface area contributed by atoms with Crippen LogP contribution in [0, 0.1) is 0 Å². The summed E-state index contributed by atoms with van der Waals surface area (Å²) in [7, 11) is -1.31. The molecule has 0 aliphatic carbocycles. The van der Waals surface area contributed by atoms with Gasteiger partial charge in [-0.25, -0.2) is 13.6 Å². The average molecular weight is 252 g/mol. The zero-order valence-electron chi connectivity index (χ0n) is 8.15. The van der Waals surface area contributed by atoms with Crippen molar-refractivity contribution in [3.63, 3.8) is 0 Å². The Morgan fingerprint density at radius 3 is 2.27 bits per heavy atom. The van der Waals surface area contributed by atoms with Crippen LogP contribution in [0.3, 0.4) is 0 Å². The molecule has 0 saturated heterocycles. The Labute approximate surface area is 92.8 Å². The largest absolute Gasteiger partial charge is 0.495 e. The summed E-state index contributed by atoms with van der Waals surface area (Å²) in [6.07, 6.45) is 0. The first-order chi connectivity index (χ1) is 6.91. The molecule has 1 rings (SSSR count). The quantitative estimate of drug-likeness (QED) is 0.869. The summed E-state index contributed by atoms with van der Waals surface area (Å²) in [5.74, 6) is 0.0808. The summed E-state index contributed by atoms with van der Waals surface area (Å²) < 4.78 is 32.4. The molecule has 0 heterocycles. The normalized spacial score (nSPS) is 11.2. The SMILES string of the molecule is COc1ccc(Cl)c(OC)c1S(N)(=O)=O. The number of methoxy groups -OCH3 is 2. The third-order valence-corrected chi connectivity index (χ3v) is 2.99. The lowest BCUT2D eigenvalue weighted by Gasteiger charge is -2.12. The van der Waals surface area contributed by atoms with Gasteiger partial charge in [-0.2, -0.15) is 0 Å². The summed E-state index contributed by atoms with van der Waals surface area (Å²) in [5, 5.41) is 5.19. The highest BCUT2D eigenvalue weighted by atomic mass is 35.5. The van der Waals surface area contributed by atoms with E-state index in [-0.39, 0.29) is 21.4 Å². The van der Waals surface area contributed by atoms with E-state index in [0.29, 0.717) is 0 Å². The van der Waals surface area contributed by atoms with Crippen LogP contribution in [-0.2, 0) is 10.0 Å². The van der Waals surface area contributed by atoms with Crippen molar-refractivity contribution in [2.45, 2.75) is 4.90 Å². The molecule has 84 valence electrons. The van der Waals surface area contributed by atoms with Crippen molar-refractivity contribution in [2.24, 2.45) is 5.14 Å². The third-order valence-electron chi connectivity index (χ3n) is 1.74. The van der Waals surface area contributed by atoms with Gasteiger partial charge in [-0.3, -0.25) is 0 Å². The zero-order valence-corrected chi connectivity index (χ0v) is 9.72. The first-order valence-electron chi connectivity index (χ1n) is 3.85. The minimum absolute atomic E-state index is 0.0153. The molecule has 0 bridgehead atoms. The maximum Gasteiger partial charge on any atom is 0.245 e. The second-order valence-electron chi connectivity index (χ2n) is 2.66. The van der Waals surface area contributed by atoms with E-state index < -0.39 is 10.0 Å². The van der Waals surface area contributed by atoms with Crippen LogP contribution in [0.4, 0.5) is 0 Å². The van der Waals surface area contributed by atoms with Crippen molar-refractivity contribution in [1.29, 1.82) is 0 Å². The number of halogens is 1. The highest BCUT2D eigenvalue weighted by molar-refractivity contribution is 7.89. The second kappa shape index (κ2) is 4.26. The third kappa shape index (κ3) is 2.34. The Kier molecular flexibility index (Phi) is 3.43. The van der Waals surface area contributed by atoms with E-state index in [2.05, 4.69) is 0 Å². The lowest BCUT2D eigenvalue weighted by Crippen LogP contribution is -2.15. The standard InChI is InChI=1S/C8H10ClNO4S/c1-13-6-4-3-5(9)7(14-2)8(6)15(10,11)12/h3-4H,1-2H3,(H2,10,11,12). The lowest BCUT2D eigenvalue weighted by atomic mass is 10.3. The van der Waals surface area contributed by atoms with Gasteiger partial charge in [0.15, 0.2) is 10.6 Å². The van der Waals surface area contributed by atoms with Crippen LogP contribution < -0.4 is 14.6 Å². The number of ether oxygens (including phenoxy) is 2. The molecule has 0 fully saturated rings. The Bertz CT molecular complexity index is 472. The molecule has 0 aromatic heterocycles. The Balaban J connectivity index is 3.63. The van der Waals surface area contributed by atoms with E-state index in [0.717, 1.165) is 0 Å². The predicted molar refractivity (Wildman–Crippen MR) is 55.9 cm³/mol. The number of nitrogens with two attached hydrogens (primary N) is 1. The molecule has 7 heteroatoms. The summed E-state index contributed by atoms with van der Waals surface area (Å²) >= 11 is 5.76. The second-order valence-corrected chi connectivity index (χ2v) is 4.56. The molecule has 1 aromatic rings. The van der Waals surface area contributed by atoms with E-state index in [1.54, 1.807) is 0 Å². The van der Waals surface area contributed by atoms with Gasteiger partial charge >= 0.3 is 0 Å².